The van der Waals surface area contributed by atoms with E-state index in [-0.39, 0.29) is 6.04 Å². The summed E-state index contributed by atoms with van der Waals surface area (Å²) >= 11 is 5.88. The third-order valence-electron chi connectivity index (χ3n) is 2.64. The van der Waals surface area contributed by atoms with Crippen LogP contribution in [0.3, 0.4) is 0 Å². The van der Waals surface area contributed by atoms with Gasteiger partial charge >= 0.3 is 0 Å². The van der Waals surface area contributed by atoms with Gasteiger partial charge in [0.1, 0.15) is 0 Å². The molecule has 0 heterocycles. The molecule has 1 fully saturated rings. The largest absolute Gasteiger partial charge is 0.317 e. The maximum Gasteiger partial charge on any atom is 0.0408 e. The third kappa shape index (κ3) is 1.85. The Morgan fingerprint density at radius 2 is 2.15 bits per heavy atom. The molecule has 0 aliphatic heterocycles. The molecular weight excluding hydrogens is 186 g/mol. The molecule has 0 saturated heterocycles. The Morgan fingerprint density at radius 3 is 2.77 bits per heavy atom. The fourth-order valence-corrected chi connectivity index (χ4v) is 1.95. The first-order valence-corrected chi connectivity index (χ1v) is 4.82. The van der Waals surface area contributed by atoms with Gasteiger partial charge in [-0.3, -0.25) is 0 Å². The van der Waals surface area contributed by atoms with Crippen LogP contribution in [0.2, 0.25) is 5.02 Å². The van der Waals surface area contributed by atoms with Crippen molar-refractivity contribution < 1.29 is 5.21 Å². The molecule has 0 spiro atoms. The molecule has 2 nitrogen and oxygen atoms in total. The fraction of sp³-hybridized carbons (Fsp3) is 0.400. The molecule has 1 aliphatic rings. The van der Waals surface area contributed by atoms with E-state index >= 15 is 0 Å². The second kappa shape index (κ2) is 3.66. The lowest BCUT2D eigenvalue weighted by molar-refractivity contribution is 0.0782. The zero-order valence-corrected chi connectivity index (χ0v) is 7.96. The molecule has 2 N–H and O–H groups in total. The number of rotatable bonds is 2. The van der Waals surface area contributed by atoms with Gasteiger partial charge in [-0.05, 0) is 36.5 Å². The molecule has 0 bridgehead atoms. The van der Waals surface area contributed by atoms with E-state index in [0.717, 1.165) is 17.9 Å². The topological polar surface area (TPSA) is 32.3 Å². The van der Waals surface area contributed by atoms with E-state index in [9.17, 15) is 0 Å². The van der Waals surface area contributed by atoms with Gasteiger partial charge in [-0.25, -0.2) is 5.48 Å². The molecule has 3 heteroatoms. The summed E-state index contributed by atoms with van der Waals surface area (Å²) in [6.45, 7) is 0. The molecule has 70 valence electrons. The number of halogens is 1. The average Bonchev–Trinajstić information content (AvgIpc) is 2.02. The first kappa shape index (κ1) is 9.00. The highest BCUT2D eigenvalue weighted by molar-refractivity contribution is 6.30. The molecule has 0 radical (unpaired) electrons. The summed E-state index contributed by atoms with van der Waals surface area (Å²) in [5, 5.41) is 9.42. The lowest BCUT2D eigenvalue weighted by Crippen LogP contribution is -2.38. The minimum atomic E-state index is 0.268. The van der Waals surface area contributed by atoms with E-state index in [0.29, 0.717) is 5.92 Å². The summed E-state index contributed by atoms with van der Waals surface area (Å²) in [5.41, 5.74) is 3.56. The van der Waals surface area contributed by atoms with Crippen molar-refractivity contribution >= 4 is 11.6 Å². The Kier molecular flexibility index (Phi) is 2.54. The van der Waals surface area contributed by atoms with Gasteiger partial charge in [-0.1, -0.05) is 23.7 Å². The predicted octanol–water partition coefficient (Wildman–Crippen LogP) is 2.56. The van der Waals surface area contributed by atoms with Crippen LogP contribution in [0.4, 0.5) is 0 Å². The zero-order valence-electron chi connectivity index (χ0n) is 7.20. The lowest BCUT2D eigenvalue weighted by Gasteiger charge is -2.34. The molecule has 1 saturated carbocycles. The Hall–Kier alpha value is -0.570. The maximum atomic E-state index is 8.63. The molecule has 0 atom stereocenters. The molecule has 0 aromatic heterocycles. The summed E-state index contributed by atoms with van der Waals surface area (Å²) < 4.78 is 0. The highest BCUT2D eigenvalue weighted by Crippen LogP contribution is 2.37. The average molecular weight is 198 g/mol. The second-order valence-electron chi connectivity index (χ2n) is 3.55. The van der Waals surface area contributed by atoms with Crippen LogP contribution in [-0.4, -0.2) is 11.2 Å². The van der Waals surface area contributed by atoms with E-state index in [1.165, 1.54) is 5.56 Å². The highest BCUT2D eigenvalue weighted by Gasteiger charge is 2.29. The normalized spacial score (nSPS) is 26.9. The van der Waals surface area contributed by atoms with Crippen molar-refractivity contribution in [1.82, 2.24) is 5.48 Å². The monoisotopic (exact) mass is 197 g/mol. The molecule has 0 unspecified atom stereocenters. The number of nitrogens with one attached hydrogen (secondary N) is 1. The van der Waals surface area contributed by atoms with Gasteiger partial charge in [0.05, 0.1) is 0 Å². The summed E-state index contributed by atoms with van der Waals surface area (Å²) in [6.07, 6.45) is 1.99. The van der Waals surface area contributed by atoms with Crippen LogP contribution in [0.15, 0.2) is 24.3 Å². The van der Waals surface area contributed by atoms with Gasteiger partial charge in [0.25, 0.3) is 0 Å². The SMILES string of the molecule is ONC1CC(c2cccc(Cl)c2)C1. The second-order valence-corrected chi connectivity index (χ2v) is 3.99. The third-order valence-corrected chi connectivity index (χ3v) is 2.88. The van der Waals surface area contributed by atoms with Crippen LogP contribution in [0, 0.1) is 0 Å². The molecule has 0 amide bonds. The summed E-state index contributed by atoms with van der Waals surface area (Å²) in [6, 6.07) is 8.20. The van der Waals surface area contributed by atoms with Crippen LogP contribution in [0.5, 0.6) is 0 Å². The van der Waals surface area contributed by atoms with Crippen LogP contribution < -0.4 is 5.48 Å². The lowest BCUT2D eigenvalue weighted by atomic mass is 9.76. The van der Waals surface area contributed by atoms with Crippen molar-refractivity contribution in [1.29, 1.82) is 0 Å². The maximum absolute atomic E-state index is 8.63. The summed E-state index contributed by atoms with van der Waals surface area (Å²) in [7, 11) is 0. The van der Waals surface area contributed by atoms with Gasteiger partial charge in [0.15, 0.2) is 0 Å². The van der Waals surface area contributed by atoms with Crippen LogP contribution in [0.1, 0.15) is 24.3 Å². The Morgan fingerprint density at radius 1 is 1.38 bits per heavy atom. The van der Waals surface area contributed by atoms with Gasteiger partial charge in [-0.15, -0.1) is 0 Å². The van der Waals surface area contributed by atoms with Crippen molar-refractivity contribution in [3.8, 4) is 0 Å². The van der Waals surface area contributed by atoms with E-state index < -0.39 is 0 Å². The van der Waals surface area contributed by atoms with Gasteiger partial charge in [0, 0.05) is 11.1 Å². The molecule has 13 heavy (non-hydrogen) atoms. The van der Waals surface area contributed by atoms with Crippen molar-refractivity contribution in [3.05, 3.63) is 34.9 Å². The predicted molar refractivity (Wildman–Crippen MR) is 52.1 cm³/mol. The first-order chi connectivity index (χ1) is 6.29. The Balaban J connectivity index is 2.03. The Bertz CT molecular complexity index is 297. The molecule has 1 aliphatic carbocycles. The van der Waals surface area contributed by atoms with Crippen molar-refractivity contribution in [2.24, 2.45) is 0 Å². The molecular formula is C10H12ClNO. The van der Waals surface area contributed by atoms with E-state index in [1.807, 2.05) is 18.2 Å². The summed E-state index contributed by atoms with van der Waals surface area (Å²) in [5.74, 6) is 0.559. The quantitative estimate of drug-likeness (QED) is 0.715. The van der Waals surface area contributed by atoms with Crippen LogP contribution in [0.25, 0.3) is 0 Å². The van der Waals surface area contributed by atoms with Gasteiger partial charge in [0.2, 0.25) is 0 Å². The zero-order chi connectivity index (χ0) is 9.26. The van der Waals surface area contributed by atoms with Crippen LogP contribution >= 0.6 is 11.6 Å². The first-order valence-electron chi connectivity index (χ1n) is 4.44. The van der Waals surface area contributed by atoms with Crippen molar-refractivity contribution in [3.63, 3.8) is 0 Å². The minimum Gasteiger partial charge on any atom is -0.317 e. The van der Waals surface area contributed by atoms with Crippen molar-refractivity contribution in [2.75, 3.05) is 0 Å². The minimum absolute atomic E-state index is 0.268. The smallest absolute Gasteiger partial charge is 0.0408 e. The fourth-order valence-electron chi connectivity index (χ4n) is 1.76. The molecule has 1 aromatic rings. The van der Waals surface area contributed by atoms with E-state index in [4.69, 9.17) is 16.8 Å². The summed E-state index contributed by atoms with van der Waals surface area (Å²) in [4.78, 5) is 0. The van der Waals surface area contributed by atoms with Gasteiger partial charge in [-0.2, -0.15) is 0 Å². The molecule has 1 aromatic carbocycles. The molecule has 2 rings (SSSR count). The van der Waals surface area contributed by atoms with E-state index in [2.05, 4.69) is 11.5 Å². The number of hydrogen-bond donors (Lipinski definition) is 2. The van der Waals surface area contributed by atoms with E-state index in [1.54, 1.807) is 0 Å². The standard InChI is InChI=1S/C10H12ClNO/c11-9-3-1-2-7(4-9)8-5-10(6-8)12-13/h1-4,8,10,12-13H,5-6H2. The van der Waals surface area contributed by atoms with Crippen LogP contribution in [-0.2, 0) is 0 Å². The van der Waals surface area contributed by atoms with Gasteiger partial charge < -0.3 is 5.21 Å². The number of benzene rings is 1. The number of hydroxylamine groups is 1. The highest BCUT2D eigenvalue weighted by atomic mass is 35.5. The van der Waals surface area contributed by atoms with Crippen molar-refractivity contribution in [2.45, 2.75) is 24.8 Å². The number of hydrogen-bond acceptors (Lipinski definition) is 2. The Labute approximate surface area is 82.5 Å².